The molecule has 1 aliphatic carbocycles. The smallest absolute Gasteiger partial charge is 0.319 e. The molecule has 1 spiro atoms. The zero-order valence-corrected chi connectivity index (χ0v) is 29.9. The number of rotatable bonds is 7. The number of benzene rings is 2. The monoisotopic (exact) mass is 740 g/mol. The van der Waals surface area contributed by atoms with Gasteiger partial charge in [-0.15, -0.1) is 11.3 Å². The van der Waals surface area contributed by atoms with E-state index in [0.29, 0.717) is 36.3 Å². The molecule has 1 saturated carbocycles. The van der Waals surface area contributed by atoms with Crippen LogP contribution in [0.25, 0.3) is 32.1 Å². The largest absolute Gasteiger partial charge is 0.506 e. The average Bonchev–Trinajstić information content (AvgIpc) is 3.86. The van der Waals surface area contributed by atoms with E-state index in [9.17, 15) is 18.7 Å². The number of halogens is 4. The zero-order chi connectivity index (χ0) is 35.7. The van der Waals surface area contributed by atoms with Crippen LogP contribution >= 0.6 is 22.9 Å². The number of carbonyl (C=O) groups excluding carboxylic acids is 1. The number of phenolic OH excluding ortho intramolecular Hbond substituents is 1. The summed E-state index contributed by atoms with van der Waals surface area (Å²) in [5.41, 5.74) is 5.05. The summed E-state index contributed by atoms with van der Waals surface area (Å²) in [7, 11) is 0. The summed E-state index contributed by atoms with van der Waals surface area (Å²) in [5.74, 6) is -1.66. The fourth-order valence-corrected chi connectivity index (χ4v) is 10.4. The molecular weight excluding hydrogens is 701 g/mol. The number of nitrogens with zero attached hydrogens (tertiary/aromatic N) is 4. The van der Waals surface area contributed by atoms with Crippen molar-refractivity contribution in [2.45, 2.75) is 88.0 Å². The quantitative estimate of drug-likeness (QED) is 0.164. The highest BCUT2D eigenvalue weighted by Gasteiger charge is 2.50. The number of aromatic nitrogens is 2. The molecule has 4 atom stereocenters. The van der Waals surface area contributed by atoms with Crippen LogP contribution in [0, 0.1) is 11.6 Å². The summed E-state index contributed by atoms with van der Waals surface area (Å²) >= 11 is 7.83. The van der Waals surface area contributed by atoms with Crippen molar-refractivity contribution in [3.8, 4) is 22.9 Å². The number of allylic oxidation sites excluding steroid dienone is 1. The average molecular weight is 741 g/mol. The topological polar surface area (TPSA) is 117 Å². The molecule has 9 nitrogen and oxygen atoms in total. The molecule has 2 aromatic heterocycles. The van der Waals surface area contributed by atoms with Crippen LogP contribution < -0.4 is 15.8 Å². The molecule has 2 unspecified atom stereocenters. The summed E-state index contributed by atoms with van der Waals surface area (Å²) < 4.78 is 52.9. The van der Waals surface area contributed by atoms with Crippen molar-refractivity contribution in [3.63, 3.8) is 0 Å². The number of nitrogens with one attached hydrogen (secondary N) is 1. The Kier molecular flexibility index (Phi) is 8.74. The molecule has 4 N–H and O–H groups in total. The van der Waals surface area contributed by atoms with Gasteiger partial charge in [-0.25, -0.2) is 13.2 Å². The number of ether oxygens (including phenoxy) is 1. The molecule has 3 saturated heterocycles. The Hall–Kier alpha value is -3.81. The minimum Gasteiger partial charge on any atom is -0.506 e. The van der Waals surface area contributed by atoms with Gasteiger partial charge in [0.05, 0.1) is 25.6 Å². The second-order valence-electron chi connectivity index (χ2n) is 14.5. The molecule has 4 fully saturated rings. The number of nitrogens with two attached hydrogens (primary N) is 1. The van der Waals surface area contributed by atoms with Crippen molar-refractivity contribution in [3.05, 3.63) is 47.0 Å². The van der Waals surface area contributed by atoms with Crippen LogP contribution in [0.4, 0.5) is 24.0 Å². The van der Waals surface area contributed by atoms with Crippen LogP contribution in [0.15, 0.2) is 30.4 Å². The number of alkyl halides is 1. The van der Waals surface area contributed by atoms with Crippen molar-refractivity contribution in [2.24, 2.45) is 0 Å². The van der Waals surface area contributed by atoms with Gasteiger partial charge < -0.3 is 25.8 Å². The molecule has 270 valence electrons. The van der Waals surface area contributed by atoms with Gasteiger partial charge in [0.25, 0.3) is 0 Å². The highest BCUT2D eigenvalue weighted by Crippen LogP contribution is 2.49. The number of hydrogen-bond acceptors (Lipinski definition) is 9. The van der Waals surface area contributed by atoms with E-state index in [-0.39, 0.29) is 67.7 Å². The molecule has 1 amide bonds. The van der Waals surface area contributed by atoms with Crippen LogP contribution in [0.3, 0.4) is 0 Å². The van der Waals surface area contributed by atoms with Gasteiger partial charge in [-0.05, 0) is 88.6 Å². The van der Waals surface area contributed by atoms with E-state index < -0.39 is 29.1 Å². The van der Waals surface area contributed by atoms with Gasteiger partial charge in [0.15, 0.2) is 5.82 Å². The molecule has 2 aromatic carbocycles. The molecule has 4 aliphatic rings. The lowest BCUT2D eigenvalue weighted by molar-refractivity contribution is -0.131. The lowest BCUT2D eigenvalue weighted by Crippen LogP contribution is -2.52. The first kappa shape index (κ1) is 34.3. The van der Waals surface area contributed by atoms with E-state index in [1.807, 2.05) is 11.8 Å². The molecule has 0 radical (unpaired) electrons. The fourth-order valence-electron chi connectivity index (χ4n) is 9.29. The SMILES string of the molecule is C/C=C/C(=O)N1CCCC12CCCC(Nc1nc(OC[C@@]34CCCN3C[C@H](F)C4)nc3c(F)c(-c4ccc(F)c5sc(N)cc45)c(Cl)c(O)c13)C2. The van der Waals surface area contributed by atoms with E-state index in [1.54, 1.807) is 18.2 Å². The minimum absolute atomic E-state index is 0.0112. The Morgan fingerprint density at radius 3 is 2.82 bits per heavy atom. The maximum absolute atomic E-state index is 17.0. The molecule has 14 heteroatoms. The van der Waals surface area contributed by atoms with Crippen molar-refractivity contribution in [2.75, 3.05) is 37.3 Å². The molecule has 3 aliphatic heterocycles. The number of aromatic hydroxyl groups is 1. The van der Waals surface area contributed by atoms with Gasteiger partial charge in [-0.3, -0.25) is 9.69 Å². The van der Waals surface area contributed by atoms with Gasteiger partial charge >= 0.3 is 6.01 Å². The Balaban J connectivity index is 1.23. The van der Waals surface area contributed by atoms with Crippen molar-refractivity contribution in [1.82, 2.24) is 19.8 Å². The van der Waals surface area contributed by atoms with Crippen LogP contribution in [-0.4, -0.2) is 80.3 Å². The third-order valence-corrected chi connectivity index (χ3v) is 12.8. The van der Waals surface area contributed by atoms with Crippen molar-refractivity contribution in [1.29, 1.82) is 0 Å². The summed E-state index contributed by atoms with van der Waals surface area (Å²) in [5, 5.41) is 15.6. The van der Waals surface area contributed by atoms with Crippen molar-refractivity contribution < 1.29 is 27.8 Å². The first-order valence-corrected chi connectivity index (χ1v) is 18.8. The Bertz CT molecular complexity index is 2080. The number of likely N-dealkylation sites (tertiary alicyclic amines) is 1. The summed E-state index contributed by atoms with van der Waals surface area (Å²) in [6.45, 7) is 3.74. The van der Waals surface area contributed by atoms with Gasteiger partial charge in [-0.1, -0.05) is 23.7 Å². The molecular formula is C37H40ClF3N6O3S. The van der Waals surface area contributed by atoms with E-state index in [0.717, 1.165) is 62.8 Å². The van der Waals surface area contributed by atoms with Crippen LogP contribution in [0.5, 0.6) is 11.8 Å². The summed E-state index contributed by atoms with van der Waals surface area (Å²) in [4.78, 5) is 26.4. The number of anilines is 2. The molecule has 51 heavy (non-hydrogen) atoms. The van der Waals surface area contributed by atoms with Gasteiger partial charge in [0.1, 0.15) is 35.7 Å². The van der Waals surface area contributed by atoms with Gasteiger partial charge in [0, 0.05) is 42.0 Å². The Morgan fingerprint density at radius 2 is 2.00 bits per heavy atom. The summed E-state index contributed by atoms with van der Waals surface area (Å²) in [6.07, 6.45) is 9.29. The Morgan fingerprint density at radius 1 is 1.20 bits per heavy atom. The maximum Gasteiger partial charge on any atom is 0.319 e. The number of thiophene rings is 1. The standard InChI is InChI=1S/C37H40ClF3N6O3S/c1-2-6-26(48)47-14-5-11-36(47)10-3-7-21(17-36)43-34-28-31(44-35(45-34)50-19-37-12-4-13-46(37)18-20(39)16-37)30(41)27(29(38)32(28)49)22-8-9-24(40)33-23(22)15-25(42)51-33/h2,6,8-9,15,20-21,49H,3-5,7,10-14,16-19,42H2,1H3,(H,43,44,45)/b6-2+/t20-,21?,36?,37+/m1/s1. The highest BCUT2D eigenvalue weighted by molar-refractivity contribution is 7.22. The van der Waals surface area contributed by atoms with Crippen LogP contribution in [-0.2, 0) is 4.79 Å². The normalized spacial score (nSPS) is 26.6. The summed E-state index contributed by atoms with van der Waals surface area (Å²) in [6, 6.07) is 3.87. The zero-order valence-electron chi connectivity index (χ0n) is 28.3. The third-order valence-electron chi connectivity index (χ3n) is 11.5. The Labute approximate surface area is 302 Å². The number of hydrogen-bond donors (Lipinski definition) is 3. The number of nitrogen functional groups attached to an aromatic ring is 1. The highest BCUT2D eigenvalue weighted by atomic mass is 35.5. The van der Waals surface area contributed by atoms with Gasteiger partial charge in [-0.2, -0.15) is 9.97 Å². The minimum atomic E-state index is -0.963. The predicted octanol–water partition coefficient (Wildman–Crippen LogP) is 7.98. The maximum atomic E-state index is 17.0. The van der Waals surface area contributed by atoms with E-state index in [4.69, 9.17) is 27.1 Å². The molecule has 8 rings (SSSR count). The van der Waals surface area contributed by atoms with E-state index >= 15 is 4.39 Å². The lowest BCUT2D eigenvalue weighted by Gasteiger charge is -2.44. The van der Waals surface area contributed by atoms with Crippen LogP contribution in [0.2, 0.25) is 5.02 Å². The van der Waals surface area contributed by atoms with E-state index in [2.05, 4.69) is 15.2 Å². The fraction of sp³-hybridized carbons (Fsp3) is 0.486. The van der Waals surface area contributed by atoms with Crippen molar-refractivity contribution >= 4 is 60.7 Å². The van der Waals surface area contributed by atoms with E-state index in [1.165, 1.54) is 12.1 Å². The third kappa shape index (κ3) is 5.76. The molecule has 5 heterocycles. The number of phenols is 1. The number of amides is 1. The number of carbonyl (C=O) groups is 1. The van der Waals surface area contributed by atoms with Crippen LogP contribution in [0.1, 0.15) is 64.7 Å². The van der Waals surface area contributed by atoms with Gasteiger partial charge in [0.2, 0.25) is 5.91 Å². The molecule has 4 aromatic rings. The first-order valence-electron chi connectivity index (χ1n) is 17.6. The lowest BCUT2D eigenvalue weighted by atomic mass is 9.77. The second-order valence-corrected chi connectivity index (χ2v) is 16.0. The molecule has 0 bridgehead atoms. The number of fused-ring (bicyclic) bond motifs is 3. The first-order chi connectivity index (χ1) is 24.5. The predicted molar refractivity (Wildman–Crippen MR) is 194 cm³/mol. The second kappa shape index (κ2) is 13.0.